The van der Waals surface area contributed by atoms with Crippen LogP contribution in [-0.4, -0.2) is 38.3 Å². The summed E-state index contributed by atoms with van der Waals surface area (Å²) in [4.78, 5) is 36.1. The fourth-order valence-corrected chi connectivity index (χ4v) is 3.73. The third kappa shape index (κ3) is 4.77. The maximum Gasteiger partial charge on any atom is 0.296 e. The Morgan fingerprint density at radius 3 is 2.64 bits per heavy atom. The van der Waals surface area contributed by atoms with Gasteiger partial charge in [-0.3, -0.25) is 19.6 Å². The van der Waals surface area contributed by atoms with Crippen molar-refractivity contribution in [2.24, 2.45) is 5.92 Å². The minimum absolute atomic E-state index is 0.00333. The molecule has 1 saturated heterocycles. The first kappa shape index (κ1) is 22.2. The van der Waals surface area contributed by atoms with Crippen molar-refractivity contribution in [1.82, 2.24) is 14.9 Å². The third-order valence-electron chi connectivity index (χ3n) is 5.27. The molecule has 0 saturated carbocycles. The summed E-state index contributed by atoms with van der Waals surface area (Å²) in [6, 6.07) is 14.9. The number of aromatic nitrogens is 2. The summed E-state index contributed by atoms with van der Waals surface area (Å²) in [5.74, 6) is -0.785. The molecule has 1 fully saturated rings. The molecule has 1 unspecified atom stereocenters. The average Bonchev–Trinajstić information content (AvgIpc) is 3.08. The van der Waals surface area contributed by atoms with Gasteiger partial charge in [-0.1, -0.05) is 38.1 Å². The van der Waals surface area contributed by atoms with E-state index in [1.807, 2.05) is 19.9 Å². The number of nitrogens with zero attached hydrogens (tertiary/aromatic N) is 3. The first-order chi connectivity index (χ1) is 16.0. The first-order valence-corrected chi connectivity index (χ1v) is 10.8. The fraction of sp³-hybridized carbons (Fsp3) is 0.231. The topological polar surface area (TPSA) is 92.6 Å². The second-order valence-electron chi connectivity index (χ2n) is 8.28. The number of pyridine rings is 2. The molecule has 0 radical (unpaired) electrons. The molecule has 0 aliphatic carbocycles. The van der Waals surface area contributed by atoms with Crippen molar-refractivity contribution >= 4 is 17.4 Å². The number of ether oxygens (including phenoxy) is 1. The van der Waals surface area contributed by atoms with Crippen LogP contribution in [0.25, 0.3) is 5.76 Å². The summed E-state index contributed by atoms with van der Waals surface area (Å²) in [5.41, 5.74) is 1.67. The van der Waals surface area contributed by atoms with Crippen molar-refractivity contribution in [1.29, 1.82) is 0 Å². The number of aliphatic hydroxyl groups is 1. The molecular formula is C26H25N3O4. The summed E-state index contributed by atoms with van der Waals surface area (Å²) in [7, 11) is 0. The summed E-state index contributed by atoms with van der Waals surface area (Å²) in [6.07, 6.45) is 4.88. The van der Waals surface area contributed by atoms with E-state index in [4.69, 9.17) is 4.74 Å². The SMILES string of the molecule is CC(C)COc1cccc(/C(O)=C2/C(=O)C(=O)N(Cc3cccnc3)C2c2ccccn2)c1. The van der Waals surface area contributed by atoms with Gasteiger partial charge in [0.2, 0.25) is 0 Å². The van der Waals surface area contributed by atoms with Crippen molar-refractivity contribution in [3.63, 3.8) is 0 Å². The van der Waals surface area contributed by atoms with Gasteiger partial charge in [-0.05, 0) is 41.8 Å². The van der Waals surface area contributed by atoms with Crippen LogP contribution in [0.3, 0.4) is 0 Å². The number of hydrogen-bond donors (Lipinski definition) is 1. The van der Waals surface area contributed by atoms with Gasteiger partial charge < -0.3 is 14.7 Å². The molecule has 0 bridgehead atoms. The number of benzene rings is 1. The number of hydrogen-bond acceptors (Lipinski definition) is 6. The van der Waals surface area contributed by atoms with Crippen molar-refractivity contribution in [2.45, 2.75) is 26.4 Å². The molecule has 3 aromatic rings. The maximum atomic E-state index is 13.1. The van der Waals surface area contributed by atoms with Gasteiger partial charge in [-0.15, -0.1) is 0 Å². The minimum Gasteiger partial charge on any atom is -0.507 e. The van der Waals surface area contributed by atoms with Crippen LogP contribution >= 0.6 is 0 Å². The molecule has 168 valence electrons. The summed E-state index contributed by atoms with van der Waals surface area (Å²) >= 11 is 0. The van der Waals surface area contributed by atoms with E-state index in [2.05, 4.69) is 9.97 Å². The van der Waals surface area contributed by atoms with E-state index in [0.717, 1.165) is 5.56 Å². The Morgan fingerprint density at radius 2 is 1.94 bits per heavy atom. The lowest BCUT2D eigenvalue weighted by Gasteiger charge is -2.24. The van der Waals surface area contributed by atoms with Gasteiger partial charge >= 0.3 is 0 Å². The van der Waals surface area contributed by atoms with E-state index in [1.165, 1.54) is 4.90 Å². The highest BCUT2D eigenvalue weighted by Crippen LogP contribution is 2.39. The van der Waals surface area contributed by atoms with Crippen LogP contribution in [0.15, 0.2) is 78.8 Å². The standard InChI is InChI=1S/C26H25N3O4/c1-17(2)16-33-20-9-5-8-19(13-20)24(30)22-23(21-10-3-4-12-28-21)29(26(32)25(22)31)15-18-7-6-11-27-14-18/h3-14,17,23,30H,15-16H2,1-2H3/b24-22-. The van der Waals surface area contributed by atoms with E-state index in [-0.39, 0.29) is 17.9 Å². The molecule has 2 aromatic heterocycles. The molecule has 0 spiro atoms. The van der Waals surface area contributed by atoms with E-state index in [9.17, 15) is 14.7 Å². The molecule has 1 N–H and O–H groups in total. The Morgan fingerprint density at radius 1 is 1.09 bits per heavy atom. The molecule has 4 rings (SSSR count). The zero-order valence-electron chi connectivity index (χ0n) is 18.5. The quantitative estimate of drug-likeness (QED) is 0.335. The number of amides is 1. The van der Waals surface area contributed by atoms with Crippen LogP contribution < -0.4 is 4.74 Å². The molecule has 33 heavy (non-hydrogen) atoms. The highest BCUT2D eigenvalue weighted by atomic mass is 16.5. The monoisotopic (exact) mass is 443 g/mol. The number of likely N-dealkylation sites (tertiary alicyclic amines) is 1. The van der Waals surface area contributed by atoms with Crippen molar-refractivity contribution in [2.75, 3.05) is 6.61 Å². The molecule has 7 heteroatoms. The van der Waals surface area contributed by atoms with Gasteiger partial charge in [0.25, 0.3) is 11.7 Å². The largest absolute Gasteiger partial charge is 0.507 e. The Hall–Kier alpha value is -4.00. The third-order valence-corrected chi connectivity index (χ3v) is 5.27. The van der Waals surface area contributed by atoms with Gasteiger partial charge in [0.1, 0.15) is 17.6 Å². The number of rotatable bonds is 7. The predicted molar refractivity (Wildman–Crippen MR) is 123 cm³/mol. The van der Waals surface area contributed by atoms with E-state index in [1.54, 1.807) is 67.1 Å². The van der Waals surface area contributed by atoms with Gasteiger partial charge in [-0.2, -0.15) is 0 Å². The Balaban J connectivity index is 1.78. The molecule has 1 aliphatic rings. The molecule has 1 amide bonds. The summed E-state index contributed by atoms with van der Waals surface area (Å²) < 4.78 is 5.77. The number of Topliss-reactive ketones (excluding diaryl/α,β-unsaturated/α-hetero) is 1. The zero-order valence-corrected chi connectivity index (χ0v) is 18.5. The molecule has 1 aromatic carbocycles. The van der Waals surface area contributed by atoms with Crippen LogP contribution in [0.1, 0.15) is 36.7 Å². The van der Waals surface area contributed by atoms with Gasteiger partial charge in [0.05, 0.1) is 17.9 Å². The van der Waals surface area contributed by atoms with E-state index < -0.39 is 17.7 Å². The fourth-order valence-electron chi connectivity index (χ4n) is 3.73. The normalized spacial score (nSPS) is 17.5. The van der Waals surface area contributed by atoms with Crippen LogP contribution in [0.2, 0.25) is 0 Å². The van der Waals surface area contributed by atoms with E-state index in [0.29, 0.717) is 29.5 Å². The smallest absolute Gasteiger partial charge is 0.296 e. The van der Waals surface area contributed by atoms with E-state index >= 15 is 0 Å². The van der Waals surface area contributed by atoms with Crippen molar-refractivity contribution in [3.8, 4) is 5.75 Å². The Labute approximate surface area is 192 Å². The molecule has 1 atom stereocenters. The van der Waals surface area contributed by atoms with Crippen LogP contribution in [0.5, 0.6) is 5.75 Å². The number of aliphatic hydroxyl groups excluding tert-OH is 1. The minimum atomic E-state index is -0.827. The van der Waals surface area contributed by atoms with Crippen LogP contribution in [0, 0.1) is 5.92 Å². The lowest BCUT2D eigenvalue weighted by molar-refractivity contribution is -0.140. The summed E-state index contributed by atoms with van der Waals surface area (Å²) in [6.45, 7) is 4.77. The Kier molecular flexibility index (Phi) is 6.49. The van der Waals surface area contributed by atoms with Gasteiger partial charge in [-0.25, -0.2) is 0 Å². The summed E-state index contributed by atoms with van der Waals surface area (Å²) in [5, 5.41) is 11.2. The lowest BCUT2D eigenvalue weighted by atomic mass is 9.98. The average molecular weight is 444 g/mol. The second-order valence-corrected chi connectivity index (χ2v) is 8.28. The first-order valence-electron chi connectivity index (χ1n) is 10.8. The second kappa shape index (κ2) is 9.65. The molecule has 7 nitrogen and oxygen atoms in total. The highest BCUT2D eigenvalue weighted by Gasteiger charge is 2.46. The molecule has 1 aliphatic heterocycles. The number of ketones is 1. The van der Waals surface area contributed by atoms with Crippen LogP contribution in [-0.2, 0) is 16.1 Å². The Bertz CT molecular complexity index is 1180. The van der Waals surface area contributed by atoms with Gasteiger partial charge in [0.15, 0.2) is 0 Å². The number of carbonyl (C=O) groups excluding carboxylic acids is 2. The molecule has 3 heterocycles. The molecular weight excluding hydrogens is 418 g/mol. The predicted octanol–water partition coefficient (Wildman–Crippen LogP) is 4.13. The van der Waals surface area contributed by atoms with Crippen LogP contribution in [0.4, 0.5) is 0 Å². The maximum absolute atomic E-state index is 13.1. The van der Waals surface area contributed by atoms with Gasteiger partial charge in [0, 0.05) is 30.7 Å². The van der Waals surface area contributed by atoms with Crippen molar-refractivity contribution < 1.29 is 19.4 Å². The highest BCUT2D eigenvalue weighted by molar-refractivity contribution is 6.46. The lowest BCUT2D eigenvalue weighted by Crippen LogP contribution is -2.29. The number of carbonyl (C=O) groups is 2. The zero-order chi connectivity index (χ0) is 23.4. The van der Waals surface area contributed by atoms with Crippen molar-refractivity contribution in [3.05, 3.63) is 95.6 Å².